The van der Waals surface area contributed by atoms with Crippen molar-refractivity contribution in [2.45, 2.75) is 6.54 Å². The van der Waals surface area contributed by atoms with Gasteiger partial charge in [0.1, 0.15) is 5.82 Å². The van der Waals surface area contributed by atoms with Crippen molar-refractivity contribution in [2.24, 2.45) is 0 Å². The van der Waals surface area contributed by atoms with Crippen molar-refractivity contribution >= 4 is 5.82 Å². The van der Waals surface area contributed by atoms with Crippen LogP contribution in [0.3, 0.4) is 0 Å². The van der Waals surface area contributed by atoms with Gasteiger partial charge in [0.15, 0.2) is 0 Å². The van der Waals surface area contributed by atoms with Crippen LogP contribution in [-0.4, -0.2) is 54.0 Å². The van der Waals surface area contributed by atoms with E-state index >= 15 is 0 Å². The van der Waals surface area contributed by atoms with Crippen molar-refractivity contribution in [3.8, 4) is 0 Å². The minimum atomic E-state index is 0.467. The predicted molar refractivity (Wildman–Crippen MR) is 61.3 cm³/mol. The van der Waals surface area contributed by atoms with Crippen LogP contribution in [0, 0.1) is 0 Å². The fraction of sp³-hybridized carbons (Fsp3) is 0.600. The molecule has 1 aromatic rings. The number of rotatable bonds is 5. The predicted octanol–water partition coefficient (Wildman–Crippen LogP) is 0.0522. The van der Waals surface area contributed by atoms with Gasteiger partial charge in [-0.25, -0.2) is 4.98 Å². The topological polar surface area (TPSA) is 58.3 Å². The second-order valence-corrected chi connectivity index (χ2v) is 3.97. The quantitative estimate of drug-likeness (QED) is 0.742. The molecule has 1 heterocycles. The van der Waals surface area contributed by atoms with Crippen LogP contribution in [0.2, 0.25) is 0 Å². The van der Waals surface area contributed by atoms with Crippen LogP contribution >= 0.6 is 0 Å². The molecule has 0 saturated heterocycles. The Morgan fingerprint density at radius 3 is 2.40 bits per heavy atom. The second-order valence-electron chi connectivity index (χ2n) is 3.97. The van der Waals surface area contributed by atoms with Crippen molar-refractivity contribution in [1.82, 2.24) is 19.8 Å². The molecule has 0 unspecified atom stereocenters. The van der Waals surface area contributed by atoms with E-state index in [-0.39, 0.29) is 0 Å². The summed E-state index contributed by atoms with van der Waals surface area (Å²) in [6.07, 6.45) is 3.32. The van der Waals surface area contributed by atoms with E-state index in [1.54, 1.807) is 12.4 Å². The van der Waals surface area contributed by atoms with Crippen molar-refractivity contribution in [1.29, 1.82) is 0 Å². The summed E-state index contributed by atoms with van der Waals surface area (Å²) >= 11 is 0. The molecule has 15 heavy (non-hydrogen) atoms. The van der Waals surface area contributed by atoms with Gasteiger partial charge in [0.2, 0.25) is 0 Å². The highest BCUT2D eigenvalue weighted by molar-refractivity contribution is 5.22. The molecular weight excluding hydrogens is 190 g/mol. The van der Waals surface area contributed by atoms with Crippen molar-refractivity contribution < 1.29 is 0 Å². The van der Waals surface area contributed by atoms with Crippen LogP contribution in [0.15, 0.2) is 12.4 Å². The van der Waals surface area contributed by atoms with Crippen LogP contribution < -0.4 is 5.73 Å². The van der Waals surface area contributed by atoms with Crippen LogP contribution in [0.4, 0.5) is 5.82 Å². The maximum Gasteiger partial charge on any atom is 0.141 e. The first kappa shape index (κ1) is 11.9. The number of likely N-dealkylation sites (N-methyl/N-ethyl adjacent to an activating group) is 2. The summed E-state index contributed by atoms with van der Waals surface area (Å²) in [4.78, 5) is 12.6. The Morgan fingerprint density at radius 2 is 1.87 bits per heavy atom. The summed E-state index contributed by atoms with van der Waals surface area (Å²) in [6, 6.07) is 0. The van der Waals surface area contributed by atoms with E-state index in [1.165, 1.54) is 0 Å². The van der Waals surface area contributed by atoms with E-state index in [0.29, 0.717) is 5.82 Å². The standard InChI is InChI=1S/C10H19N5/c1-14(2)4-5-15(3)8-9-6-13-10(11)7-12-9/h6-7H,4-5,8H2,1-3H3,(H2,11,13). The Morgan fingerprint density at radius 1 is 1.13 bits per heavy atom. The number of hydrogen-bond donors (Lipinski definition) is 1. The molecule has 84 valence electrons. The zero-order valence-electron chi connectivity index (χ0n) is 9.64. The van der Waals surface area contributed by atoms with E-state index in [2.05, 4.69) is 40.9 Å². The molecule has 1 rings (SSSR count). The molecule has 0 atom stereocenters. The van der Waals surface area contributed by atoms with E-state index < -0.39 is 0 Å². The maximum atomic E-state index is 5.46. The average Bonchev–Trinajstić information content (AvgIpc) is 2.19. The fourth-order valence-corrected chi connectivity index (χ4v) is 1.17. The summed E-state index contributed by atoms with van der Waals surface area (Å²) in [5.41, 5.74) is 6.41. The molecule has 0 aliphatic carbocycles. The van der Waals surface area contributed by atoms with Gasteiger partial charge in [0, 0.05) is 19.6 Å². The van der Waals surface area contributed by atoms with Crippen LogP contribution in [0.1, 0.15) is 5.69 Å². The molecule has 0 saturated carbocycles. The lowest BCUT2D eigenvalue weighted by Crippen LogP contribution is -2.28. The van der Waals surface area contributed by atoms with Crippen molar-refractivity contribution in [3.63, 3.8) is 0 Å². The Labute approximate surface area is 90.9 Å². The summed E-state index contributed by atoms with van der Waals surface area (Å²) in [5.74, 6) is 0.467. The van der Waals surface area contributed by atoms with Crippen LogP contribution in [0.25, 0.3) is 0 Å². The fourth-order valence-electron chi connectivity index (χ4n) is 1.17. The van der Waals surface area contributed by atoms with Gasteiger partial charge in [0.25, 0.3) is 0 Å². The summed E-state index contributed by atoms with van der Waals surface area (Å²) in [6.45, 7) is 2.86. The van der Waals surface area contributed by atoms with E-state index in [9.17, 15) is 0 Å². The molecule has 0 aliphatic heterocycles. The highest BCUT2D eigenvalue weighted by atomic mass is 15.2. The molecule has 2 N–H and O–H groups in total. The van der Waals surface area contributed by atoms with Gasteiger partial charge >= 0.3 is 0 Å². The van der Waals surface area contributed by atoms with Crippen LogP contribution in [0.5, 0.6) is 0 Å². The van der Waals surface area contributed by atoms with Gasteiger partial charge in [-0.15, -0.1) is 0 Å². The van der Waals surface area contributed by atoms with E-state index in [4.69, 9.17) is 5.73 Å². The molecule has 0 aliphatic rings. The number of anilines is 1. The minimum absolute atomic E-state index is 0.467. The molecule has 0 amide bonds. The lowest BCUT2D eigenvalue weighted by atomic mass is 10.4. The Balaban J connectivity index is 2.37. The SMILES string of the molecule is CN(C)CCN(C)Cc1cnc(N)cn1. The Hall–Kier alpha value is -1.20. The zero-order chi connectivity index (χ0) is 11.3. The minimum Gasteiger partial charge on any atom is -0.382 e. The first-order valence-corrected chi connectivity index (χ1v) is 4.97. The normalized spacial score (nSPS) is 11.3. The molecule has 0 spiro atoms. The molecule has 5 heteroatoms. The van der Waals surface area contributed by atoms with Gasteiger partial charge in [0.05, 0.1) is 18.1 Å². The van der Waals surface area contributed by atoms with Crippen molar-refractivity contribution in [3.05, 3.63) is 18.1 Å². The number of nitrogen functional groups attached to an aromatic ring is 1. The Bertz CT molecular complexity index is 282. The highest BCUT2D eigenvalue weighted by Crippen LogP contribution is 1.99. The maximum absolute atomic E-state index is 5.46. The van der Waals surface area contributed by atoms with Gasteiger partial charge in [-0.1, -0.05) is 0 Å². The molecule has 0 fully saturated rings. The lowest BCUT2D eigenvalue weighted by molar-refractivity contribution is 0.274. The van der Waals surface area contributed by atoms with Crippen LogP contribution in [-0.2, 0) is 6.54 Å². The smallest absolute Gasteiger partial charge is 0.141 e. The summed E-state index contributed by atoms with van der Waals surface area (Å²) < 4.78 is 0. The zero-order valence-corrected chi connectivity index (χ0v) is 9.64. The second kappa shape index (κ2) is 5.63. The average molecular weight is 209 g/mol. The number of aromatic nitrogens is 2. The third-order valence-electron chi connectivity index (χ3n) is 2.09. The molecule has 0 bridgehead atoms. The molecule has 5 nitrogen and oxygen atoms in total. The van der Waals surface area contributed by atoms with Crippen molar-refractivity contribution in [2.75, 3.05) is 40.0 Å². The molecule has 1 aromatic heterocycles. The summed E-state index contributed by atoms with van der Waals surface area (Å²) in [5, 5.41) is 0. The largest absolute Gasteiger partial charge is 0.382 e. The molecule has 0 aromatic carbocycles. The molecular formula is C10H19N5. The Kier molecular flexibility index (Phi) is 4.45. The highest BCUT2D eigenvalue weighted by Gasteiger charge is 2.02. The van der Waals surface area contributed by atoms with E-state index in [0.717, 1.165) is 25.3 Å². The summed E-state index contributed by atoms with van der Waals surface area (Å²) in [7, 11) is 6.20. The van der Waals surface area contributed by atoms with Gasteiger partial charge in [-0.05, 0) is 21.1 Å². The monoisotopic (exact) mass is 209 g/mol. The lowest BCUT2D eigenvalue weighted by Gasteiger charge is -2.18. The number of nitrogens with two attached hydrogens (primary N) is 1. The first-order valence-electron chi connectivity index (χ1n) is 4.97. The molecule has 0 radical (unpaired) electrons. The first-order chi connectivity index (χ1) is 7.08. The number of nitrogens with zero attached hydrogens (tertiary/aromatic N) is 4. The van der Waals surface area contributed by atoms with Gasteiger partial charge in [-0.3, -0.25) is 9.88 Å². The van der Waals surface area contributed by atoms with E-state index in [1.807, 2.05) is 0 Å². The third kappa shape index (κ3) is 4.71. The van der Waals surface area contributed by atoms with Gasteiger partial charge < -0.3 is 10.6 Å². The third-order valence-corrected chi connectivity index (χ3v) is 2.09. The number of hydrogen-bond acceptors (Lipinski definition) is 5. The van der Waals surface area contributed by atoms with Gasteiger partial charge in [-0.2, -0.15) is 0 Å².